The first kappa shape index (κ1) is 25.0. The lowest BCUT2D eigenvalue weighted by Crippen LogP contribution is -2.31. The minimum absolute atomic E-state index is 0.0146. The largest absolute Gasteiger partial charge is 0.355 e. The number of nitrogens with zero attached hydrogens (tertiary/aromatic N) is 1. The molecule has 0 aliphatic carbocycles. The molecule has 1 rings (SSSR count). The van der Waals surface area contributed by atoms with Crippen molar-refractivity contribution < 1.29 is 14.4 Å². The maximum Gasteiger partial charge on any atom is 0.252 e. The van der Waals surface area contributed by atoms with Crippen LogP contribution in [0.4, 0.5) is 0 Å². The average Bonchev–Trinajstić information content (AvgIpc) is 2.74. The second kappa shape index (κ2) is 14.9. The Balaban J connectivity index is 2.02. The zero-order valence-corrected chi connectivity index (χ0v) is 18.7. The van der Waals surface area contributed by atoms with E-state index in [0.29, 0.717) is 18.7 Å². The number of hydrogen-bond acceptors (Lipinski definition) is 6. The SMILES string of the molecule is C=CC(C)C(=O)NCCSSCCNC(=O)CCNC(=O)c1ccc(CC)nc1. The average molecular weight is 439 g/mol. The lowest BCUT2D eigenvalue weighted by atomic mass is 10.2. The number of pyridine rings is 1. The van der Waals surface area contributed by atoms with Crippen molar-refractivity contribution in [2.75, 3.05) is 31.1 Å². The summed E-state index contributed by atoms with van der Waals surface area (Å²) < 4.78 is 0. The van der Waals surface area contributed by atoms with Gasteiger partial charge in [0.1, 0.15) is 0 Å². The second-order valence-corrected chi connectivity index (χ2v) is 8.91. The Hall–Kier alpha value is -2.00. The van der Waals surface area contributed by atoms with Gasteiger partial charge in [0.25, 0.3) is 5.91 Å². The molecule has 0 saturated carbocycles. The first-order valence-corrected chi connectivity index (χ1v) is 12.1. The number of nitrogens with one attached hydrogen (secondary N) is 3. The van der Waals surface area contributed by atoms with E-state index < -0.39 is 0 Å². The summed E-state index contributed by atoms with van der Waals surface area (Å²) in [6, 6.07) is 3.56. The van der Waals surface area contributed by atoms with E-state index in [4.69, 9.17) is 0 Å². The Labute approximate surface area is 180 Å². The summed E-state index contributed by atoms with van der Waals surface area (Å²) >= 11 is 0. The molecule has 0 bridgehead atoms. The lowest BCUT2D eigenvalue weighted by Gasteiger charge is -2.08. The van der Waals surface area contributed by atoms with E-state index in [-0.39, 0.29) is 36.6 Å². The van der Waals surface area contributed by atoms with E-state index in [9.17, 15) is 14.4 Å². The maximum atomic E-state index is 12.0. The van der Waals surface area contributed by atoms with Crippen LogP contribution in [0.5, 0.6) is 0 Å². The lowest BCUT2D eigenvalue weighted by molar-refractivity contribution is -0.123. The second-order valence-electron chi connectivity index (χ2n) is 6.21. The molecule has 3 amide bonds. The van der Waals surface area contributed by atoms with Gasteiger partial charge in [-0.1, -0.05) is 41.5 Å². The molecule has 0 saturated heterocycles. The highest BCUT2D eigenvalue weighted by atomic mass is 33.1. The van der Waals surface area contributed by atoms with E-state index in [1.165, 1.54) is 0 Å². The third-order valence-corrected chi connectivity index (χ3v) is 6.34. The number of hydrogen-bond donors (Lipinski definition) is 3. The number of rotatable bonds is 14. The summed E-state index contributed by atoms with van der Waals surface area (Å²) in [7, 11) is 3.29. The summed E-state index contributed by atoms with van der Waals surface area (Å²) in [4.78, 5) is 39.5. The number of amides is 3. The summed E-state index contributed by atoms with van der Waals surface area (Å²) in [6.45, 7) is 8.85. The molecule has 0 aliphatic rings. The van der Waals surface area contributed by atoms with Gasteiger partial charge >= 0.3 is 0 Å². The molecule has 160 valence electrons. The van der Waals surface area contributed by atoms with Crippen LogP contribution in [0.1, 0.15) is 36.3 Å². The predicted octanol–water partition coefficient (Wildman–Crippen LogP) is 2.20. The quantitative estimate of drug-likeness (QED) is 0.234. The van der Waals surface area contributed by atoms with E-state index in [2.05, 4.69) is 27.5 Å². The third-order valence-electron chi connectivity index (χ3n) is 3.93. The summed E-state index contributed by atoms with van der Waals surface area (Å²) in [5, 5.41) is 8.39. The predicted molar refractivity (Wildman–Crippen MR) is 121 cm³/mol. The first-order chi connectivity index (χ1) is 14.0. The van der Waals surface area contributed by atoms with Gasteiger partial charge in [0.15, 0.2) is 0 Å². The Morgan fingerprint density at radius 2 is 1.79 bits per heavy atom. The van der Waals surface area contributed by atoms with Crippen LogP contribution in [0.15, 0.2) is 31.0 Å². The van der Waals surface area contributed by atoms with Crippen LogP contribution in [0.3, 0.4) is 0 Å². The van der Waals surface area contributed by atoms with Gasteiger partial charge < -0.3 is 16.0 Å². The van der Waals surface area contributed by atoms with Crippen molar-refractivity contribution >= 4 is 39.3 Å². The van der Waals surface area contributed by atoms with Crippen LogP contribution >= 0.6 is 21.6 Å². The Morgan fingerprint density at radius 3 is 2.38 bits per heavy atom. The maximum absolute atomic E-state index is 12.0. The van der Waals surface area contributed by atoms with E-state index in [1.54, 1.807) is 46.9 Å². The summed E-state index contributed by atoms with van der Waals surface area (Å²) in [5.41, 5.74) is 1.43. The molecule has 0 aromatic carbocycles. The highest BCUT2D eigenvalue weighted by Gasteiger charge is 2.08. The minimum atomic E-state index is -0.227. The molecule has 1 aromatic heterocycles. The number of carbonyl (C=O) groups is 3. The molecule has 0 aliphatic heterocycles. The Kier molecular flexibility index (Phi) is 12.9. The molecule has 1 atom stereocenters. The molecule has 0 fully saturated rings. The van der Waals surface area contributed by atoms with Crippen LogP contribution in [0.25, 0.3) is 0 Å². The van der Waals surface area contributed by atoms with Crippen molar-refractivity contribution in [3.8, 4) is 0 Å². The molecule has 3 N–H and O–H groups in total. The first-order valence-electron chi connectivity index (χ1n) is 9.62. The van der Waals surface area contributed by atoms with Crippen LogP contribution in [0, 0.1) is 5.92 Å². The van der Waals surface area contributed by atoms with Gasteiger partial charge in [0.05, 0.1) is 11.5 Å². The van der Waals surface area contributed by atoms with E-state index in [0.717, 1.165) is 23.6 Å². The van der Waals surface area contributed by atoms with Gasteiger partial charge in [0, 0.05) is 49.5 Å². The van der Waals surface area contributed by atoms with E-state index in [1.807, 2.05) is 13.0 Å². The van der Waals surface area contributed by atoms with Crippen molar-refractivity contribution in [1.29, 1.82) is 0 Å². The molecule has 1 aromatic rings. The summed E-state index contributed by atoms with van der Waals surface area (Å²) in [5.74, 6) is 1.06. The van der Waals surface area contributed by atoms with Crippen molar-refractivity contribution in [1.82, 2.24) is 20.9 Å². The van der Waals surface area contributed by atoms with Gasteiger partial charge in [-0.25, -0.2) is 0 Å². The van der Waals surface area contributed by atoms with Crippen molar-refractivity contribution in [2.45, 2.75) is 26.7 Å². The van der Waals surface area contributed by atoms with Crippen molar-refractivity contribution in [3.05, 3.63) is 42.2 Å². The van der Waals surface area contributed by atoms with Crippen molar-refractivity contribution in [3.63, 3.8) is 0 Å². The molecule has 1 unspecified atom stereocenters. The van der Waals surface area contributed by atoms with Gasteiger partial charge in [-0.2, -0.15) is 0 Å². The molecule has 29 heavy (non-hydrogen) atoms. The molecule has 0 spiro atoms. The Morgan fingerprint density at radius 1 is 1.10 bits per heavy atom. The molecule has 1 heterocycles. The topological polar surface area (TPSA) is 100 Å². The molecular weight excluding hydrogens is 408 g/mol. The minimum Gasteiger partial charge on any atom is -0.355 e. The Bertz CT molecular complexity index is 668. The molecular formula is C20H30N4O3S2. The van der Waals surface area contributed by atoms with Crippen molar-refractivity contribution in [2.24, 2.45) is 5.92 Å². The smallest absolute Gasteiger partial charge is 0.252 e. The zero-order chi connectivity index (χ0) is 21.5. The van der Waals surface area contributed by atoms with Gasteiger partial charge in [-0.05, 0) is 18.6 Å². The number of aryl methyl sites for hydroxylation is 1. The van der Waals surface area contributed by atoms with Gasteiger partial charge in [-0.15, -0.1) is 6.58 Å². The van der Waals surface area contributed by atoms with E-state index >= 15 is 0 Å². The van der Waals surface area contributed by atoms with Crippen LogP contribution < -0.4 is 16.0 Å². The highest BCUT2D eigenvalue weighted by Crippen LogP contribution is 2.19. The number of aromatic nitrogens is 1. The normalized spacial score (nSPS) is 11.4. The fraction of sp³-hybridized carbons (Fsp3) is 0.500. The summed E-state index contributed by atoms with van der Waals surface area (Å²) in [6.07, 6.45) is 4.22. The number of carbonyl (C=O) groups excluding carboxylic acids is 3. The molecule has 7 nitrogen and oxygen atoms in total. The van der Waals surface area contributed by atoms with Gasteiger partial charge in [0.2, 0.25) is 11.8 Å². The molecule has 0 radical (unpaired) electrons. The highest BCUT2D eigenvalue weighted by molar-refractivity contribution is 8.76. The zero-order valence-electron chi connectivity index (χ0n) is 17.0. The third kappa shape index (κ3) is 10.9. The van der Waals surface area contributed by atoms with Gasteiger partial charge in [-0.3, -0.25) is 19.4 Å². The fourth-order valence-electron chi connectivity index (χ4n) is 2.08. The molecule has 9 heteroatoms. The standard InChI is InChI=1S/C20H30N4O3S2/c1-4-15(3)19(26)23-11-13-29-28-12-10-21-18(25)8-9-22-20(27)16-6-7-17(5-2)24-14-16/h4,6-7,14-15H,1,5,8-13H2,2-3H3,(H,21,25)(H,22,27)(H,23,26). The fourth-order valence-corrected chi connectivity index (χ4v) is 3.90. The monoisotopic (exact) mass is 438 g/mol. The van der Waals surface area contributed by atoms with Crippen LogP contribution in [-0.2, 0) is 16.0 Å². The van der Waals surface area contributed by atoms with Crippen LogP contribution in [0.2, 0.25) is 0 Å². The van der Waals surface area contributed by atoms with Crippen LogP contribution in [-0.4, -0.2) is 53.8 Å².